The topological polar surface area (TPSA) is 78.7 Å². The van der Waals surface area contributed by atoms with Crippen LogP contribution in [-0.2, 0) is 4.79 Å². The summed E-state index contributed by atoms with van der Waals surface area (Å²) in [5.74, 6) is -1.43. The van der Waals surface area contributed by atoms with Crippen LogP contribution in [0.5, 0.6) is 0 Å². The maximum atomic E-state index is 12.2. The van der Waals surface area contributed by atoms with Gasteiger partial charge in [-0.2, -0.15) is 5.26 Å². The summed E-state index contributed by atoms with van der Waals surface area (Å²) in [4.78, 5) is 20.8. The van der Waals surface area contributed by atoms with E-state index in [0.717, 1.165) is 25.7 Å². The van der Waals surface area contributed by atoms with Crippen molar-refractivity contribution in [2.45, 2.75) is 38.5 Å². The van der Waals surface area contributed by atoms with Gasteiger partial charge in [0.15, 0.2) is 11.1 Å². The first kappa shape index (κ1) is 17.2. The Bertz CT molecular complexity index is 726. The molecule has 0 saturated carbocycles. The molecule has 0 fully saturated rings. The molecule has 0 radical (unpaired) electrons. The van der Waals surface area contributed by atoms with Gasteiger partial charge in [-0.25, -0.2) is 9.97 Å². The van der Waals surface area contributed by atoms with Crippen molar-refractivity contribution in [2.24, 2.45) is 0 Å². The highest BCUT2D eigenvalue weighted by Crippen LogP contribution is 2.23. The van der Waals surface area contributed by atoms with Crippen LogP contribution in [0.2, 0.25) is 5.15 Å². The average Bonchev–Trinajstić information content (AvgIpc) is 2.55. The van der Waals surface area contributed by atoms with E-state index in [1.54, 1.807) is 12.1 Å². The molecule has 0 spiro atoms. The molecule has 0 aliphatic carbocycles. The number of halogens is 1. The van der Waals surface area contributed by atoms with E-state index >= 15 is 0 Å². The van der Waals surface area contributed by atoms with Crippen LogP contribution in [0.3, 0.4) is 0 Å². The van der Waals surface area contributed by atoms with Crippen molar-refractivity contribution in [3.63, 3.8) is 0 Å². The zero-order valence-corrected chi connectivity index (χ0v) is 13.8. The Morgan fingerprint density at radius 3 is 2.61 bits per heavy atom. The number of rotatable bonds is 7. The van der Waals surface area contributed by atoms with E-state index in [0.29, 0.717) is 17.6 Å². The number of nitrogens with zero attached hydrogens (tertiary/aromatic N) is 3. The molecule has 2 rings (SSSR count). The molecule has 1 heterocycles. The Labute approximate surface area is 140 Å². The summed E-state index contributed by atoms with van der Waals surface area (Å²) in [6, 6.07) is 9.19. The van der Waals surface area contributed by atoms with Crippen molar-refractivity contribution < 1.29 is 4.79 Å². The minimum Gasteiger partial charge on any atom is -0.355 e. The lowest BCUT2D eigenvalue weighted by molar-refractivity contribution is -0.121. The lowest BCUT2D eigenvalue weighted by Gasteiger charge is -2.11. The number of benzene rings is 1. The van der Waals surface area contributed by atoms with Crippen LogP contribution in [0, 0.1) is 11.3 Å². The number of aromatic nitrogens is 2. The molecule has 5 nitrogen and oxygen atoms in total. The third-order valence-corrected chi connectivity index (χ3v) is 3.83. The number of fused-ring (bicyclic) bond motifs is 1. The van der Waals surface area contributed by atoms with Crippen LogP contribution in [0.4, 0.5) is 0 Å². The quantitative estimate of drug-likeness (QED) is 0.787. The number of para-hydroxylation sites is 2. The summed E-state index contributed by atoms with van der Waals surface area (Å²) in [6.45, 7) is 2.68. The Morgan fingerprint density at radius 2 is 1.96 bits per heavy atom. The molecule has 6 heteroatoms. The molecule has 0 aliphatic heterocycles. The number of unbranched alkanes of at least 4 members (excludes halogenated alkanes) is 3. The molecule has 0 unspecified atom stereocenters. The Kier molecular flexibility index (Phi) is 6.30. The van der Waals surface area contributed by atoms with E-state index in [9.17, 15) is 10.1 Å². The third kappa shape index (κ3) is 4.40. The number of amides is 1. The second-order valence-electron chi connectivity index (χ2n) is 5.30. The SMILES string of the molecule is CCCCCCNC(=O)[C@@H](C#N)c1nc2ccccc2nc1Cl. The fraction of sp³-hybridized carbons (Fsp3) is 0.412. The first-order chi connectivity index (χ1) is 11.2. The van der Waals surface area contributed by atoms with Crippen LogP contribution >= 0.6 is 11.6 Å². The van der Waals surface area contributed by atoms with Gasteiger partial charge in [-0.1, -0.05) is 49.9 Å². The van der Waals surface area contributed by atoms with Crippen LogP contribution in [0.25, 0.3) is 11.0 Å². The van der Waals surface area contributed by atoms with Gasteiger partial charge in [0.2, 0.25) is 5.91 Å². The normalized spacial score (nSPS) is 11.9. The second kappa shape index (κ2) is 8.44. The lowest BCUT2D eigenvalue weighted by atomic mass is 10.1. The molecular formula is C17H19ClN4O. The number of hydrogen-bond donors (Lipinski definition) is 1. The van der Waals surface area contributed by atoms with Crippen LogP contribution < -0.4 is 5.32 Å². The van der Waals surface area contributed by atoms with Crippen molar-refractivity contribution >= 4 is 28.5 Å². The monoisotopic (exact) mass is 330 g/mol. The molecular weight excluding hydrogens is 312 g/mol. The molecule has 0 bridgehead atoms. The van der Waals surface area contributed by atoms with E-state index in [4.69, 9.17) is 11.6 Å². The predicted octanol–water partition coefficient (Wildman–Crippen LogP) is 3.59. The number of nitriles is 1. The second-order valence-corrected chi connectivity index (χ2v) is 5.66. The molecule has 1 aromatic carbocycles. The first-order valence-electron chi connectivity index (χ1n) is 7.77. The van der Waals surface area contributed by atoms with Crippen molar-refractivity contribution in [1.82, 2.24) is 15.3 Å². The summed E-state index contributed by atoms with van der Waals surface area (Å²) in [6.07, 6.45) is 4.23. The van der Waals surface area contributed by atoms with E-state index in [2.05, 4.69) is 22.2 Å². The largest absolute Gasteiger partial charge is 0.355 e. The summed E-state index contributed by atoms with van der Waals surface area (Å²) < 4.78 is 0. The molecule has 120 valence electrons. The molecule has 1 atom stereocenters. The highest BCUT2D eigenvalue weighted by molar-refractivity contribution is 6.30. The lowest BCUT2D eigenvalue weighted by Crippen LogP contribution is -2.30. The van der Waals surface area contributed by atoms with E-state index in [1.807, 2.05) is 18.2 Å². The van der Waals surface area contributed by atoms with Crippen molar-refractivity contribution in [2.75, 3.05) is 6.54 Å². The van der Waals surface area contributed by atoms with E-state index < -0.39 is 5.92 Å². The zero-order chi connectivity index (χ0) is 16.7. The molecule has 1 aromatic heterocycles. The number of hydrogen-bond acceptors (Lipinski definition) is 4. The number of nitrogens with one attached hydrogen (secondary N) is 1. The average molecular weight is 331 g/mol. The fourth-order valence-electron chi connectivity index (χ4n) is 2.29. The zero-order valence-electron chi connectivity index (χ0n) is 13.1. The van der Waals surface area contributed by atoms with Gasteiger partial charge in [0.25, 0.3) is 0 Å². The van der Waals surface area contributed by atoms with Gasteiger partial charge >= 0.3 is 0 Å². The Balaban J connectivity index is 2.12. The van der Waals surface area contributed by atoms with Crippen molar-refractivity contribution in [1.29, 1.82) is 5.26 Å². The van der Waals surface area contributed by atoms with Gasteiger partial charge in [-0.15, -0.1) is 0 Å². The van der Waals surface area contributed by atoms with Crippen LogP contribution in [0.15, 0.2) is 24.3 Å². The summed E-state index contributed by atoms with van der Waals surface area (Å²) in [7, 11) is 0. The minimum absolute atomic E-state index is 0.0939. The van der Waals surface area contributed by atoms with Gasteiger partial charge in [0.05, 0.1) is 17.1 Å². The van der Waals surface area contributed by atoms with E-state index in [-0.39, 0.29) is 16.8 Å². The highest BCUT2D eigenvalue weighted by atomic mass is 35.5. The van der Waals surface area contributed by atoms with Gasteiger partial charge < -0.3 is 5.32 Å². The maximum Gasteiger partial charge on any atom is 0.243 e. The van der Waals surface area contributed by atoms with Gasteiger partial charge in [-0.3, -0.25) is 4.79 Å². The van der Waals surface area contributed by atoms with Crippen molar-refractivity contribution in [3.8, 4) is 6.07 Å². The van der Waals surface area contributed by atoms with Gasteiger partial charge in [-0.05, 0) is 18.6 Å². The highest BCUT2D eigenvalue weighted by Gasteiger charge is 2.25. The standard InChI is InChI=1S/C17H19ClN4O/c1-2-3-4-7-10-20-17(23)12(11-19)15-16(18)22-14-9-6-5-8-13(14)21-15/h5-6,8-9,12H,2-4,7,10H2,1H3,(H,20,23)/t12-/m0/s1. The predicted molar refractivity (Wildman–Crippen MR) is 90.1 cm³/mol. The third-order valence-electron chi connectivity index (χ3n) is 3.55. The molecule has 1 N–H and O–H groups in total. The smallest absolute Gasteiger partial charge is 0.243 e. The van der Waals surface area contributed by atoms with Crippen molar-refractivity contribution in [3.05, 3.63) is 35.1 Å². The fourth-order valence-corrected chi connectivity index (χ4v) is 2.53. The molecule has 0 saturated heterocycles. The van der Waals surface area contributed by atoms with Gasteiger partial charge in [0.1, 0.15) is 5.69 Å². The Morgan fingerprint density at radius 1 is 1.26 bits per heavy atom. The molecule has 2 aromatic rings. The van der Waals surface area contributed by atoms with Gasteiger partial charge in [0, 0.05) is 6.54 Å². The Hall–Kier alpha value is -2.19. The maximum absolute atomic E-state index is 12.2. The number of carbonyl (C=O) groups excluding carboxylic acids is 1. The molecule has 23 heavy (non-hydrogen) atoms. The summed E-state index contributed by atoms with van der Waals surface area (Å²) >= 11 is 6.12. The van der Waals surface area contributed by atoms with Crippen LogP contribution in [0.1, 0.15) is 44.2 Å². The molecule has 0 aliphatic rings. The first-order valence-corrected chi connectivity index (χ1v) is 8.14. The van der Waals surface area contributed by atoms with Crippen LogP contribution in [-0.4, -0.2) is 22.4 Å². The molecule has 1 amide bonds. The minimum atomic E-state index is -1.05. The number of carbonyl (C=O) groups is 1. The van der Waals surface area contributed by atoms with E-state index in [1.165, 1.54) is 0 Å². The summed E-state index contributed by atoms with van der Waals surface area (Å²) in [5.41, 5.74) is 1.46. The summed E-state index contributed by atoms with van der Waals surface area (Å²) in [5, 5.41) is 12.2.